The van der Waals surface area contributed by atoms with Crippen molar-refractivity contribution in [2.24, 2.45) is 11.3 Å². The van der Waals surface area contributed by atoms with Gasteiger partial charge in [-0.1, -0.05) is 34.6 Å². The van der Waals surface area contributed by atoms with Gasteiger partial charge in [0.05, 0.1) is 31.5 Å². The number of nitrogens with two attached hydrogens (primary N) is 1. The topological polar surface area (TPSA) is 162 Å². The molecule has 3 N–H and O–H groups in total. The van der Waals surface area contributed by atoms with Gasteiger partial charge in [-0.05, 0) is 19.3 Å². The van der Waals surface area contributed by atoms with E-state index in [1.165, 1.54) is 6.33 Å². The molecule has 1 unspecified atom stereocenters. The van der Waals surface area contributed by atoms with Crippen molar-refractivity contribution in [3.8, 4) is 5.88 Å². The van der Waals surface area contributed by atoms with Crippen LogP contribution in [0.15, 0.2) is 6.33 Å². The molecule has 2 fully saturated rings. The number of imidazole rings is 1. The van der Waals surface area contributed by atoms with Crippen molar-refractivity contribution in [1.29, 1.82) is 0 Å². The molecule has 2 saturated heterocycles. The highest BCUT2D eigenvalue weighted by Gasteiger charge is 2.60. The molecule has 0 radical (unpaired) electrons. The number of carbonyl (C=O) groups excluding carboxylic acids is 1. The number of nitrogens with one attached hydrogen (secondary N) is 1. The zero-order valence-electron chi connectivity index (χ0n) is 22.6. The van der Waals surface area contributed by atoms with E-state index in [0.29, 0.717) is 17.8 Å². The monoisotopic (exact) mass is 574 g/mol. The Balaban J connectivity index is 1.57. The van der Waals surface area contributed by atoms with Crippen molar-refractivity contribution in [3.05, 3.63) is 6.33 Å². The molecule has 15 heteroatoms. The highest BCUT2D eigenvalue weighted by Crippen LogP contribution is 2.58. The summed E-state index contributed by atoms with van der Waals surface area (Å²) in [6.45, 7) is 13.2. The number of hydrogen-bond donors (Lipinski definition) is 2. The second-order valence-electron chi connectivity index (χ2n) is 11.0. The first-order chi connectivity index (χ1) is 17.7. The number of aromatic nitrogens is 4. The van der Waals surface area contributed by atoms with Gasteiger partial charge in [-0.3, -0.25) is 18.4 Å². The van der Waals surface area contributed by atoms with E-state index in [9.17, 15) is 9.36 Å². The summed E-state index contributed by atoms with van der Waals surface area (Å²) in [5.74, 6) is -0.382. The number of hydrogen-bond acceptors (Lipinski definition) is 11. The van der Waals surface area contributed by atoms with Gasteiger partial charge in [0.15, 0.2) is 17.4 Å². The third-order valence-corrected chi connectivity index (χ3v) is 8.53. The normalized spacial score (nSPS) is 30.4. The molecule has 13 nitrogen and oxygen atoms in total. The van der Waals surface area contributed by atoms with Gasteiger partial charge in [0.2, 0.25) is 11.8 Å². The molecule has 212 valence electrons. The molecule has 4 rings (SSSR count). The van der Waals surface area contributed by atoms with Crippen LogP contribution < -0.4 is 15.6 Å². The Bertz CT molecular complexity index is 1230. The Labute approximate surface area is 226 Å². The van der Waals surface area contributed by atoms with Crippen LogP contribution in [-0.4, -0.2) is 68.4 Å². The van der Waals surface area contributed by atoms with E-state index in [-0.39, 0.29) is 36.9 Å². The van der Waals surface area contributed by atoms with Crippen molar-refractivity contribution in [2.75, 3.05) is 25.6 Å². The van der Waals surface area contributed by atoms with Crippen LogP contribution in [0.3, 0.4) is 0 Å². The number of esters is 1. The third-order valence-electron chi connectivity index (χ3n) is 6.51. The van der Waals surface area contributed by atoms with E-state index >= 15 is 0 Å². The first kappa shape index (κ1) is 29.0. The van der Waals surface area contributed by atoms with Crippen molar-refractivity contribution < 1.29 is 32.6 Å². The van der Waals surface area contributed by atoms with Crippen molar-refractivity contribution in [2.45, 2.75) is 77.8 Å². The van der Waals surface area contributed by atoms with E-state index in [1.54, 1.807) is 25.3 Å². The van der Waals surface area contributed by atoms with E-state index in [4.69, 9.17) is 40.6 Å². The van der Waals surface area contributed by atoms with Crippen molar-refractivity contribution in [1.82, 2.24) is 24.6 Å². The quantitative estimate of drug-likeness (QED) is 0.269. The van der Waals surface area contributed by atoms with Gasteiger partial charge in [-0.15, -0.1) is 11.6 Å². The molecule has 0 bridgehead atoms. The number of alkyl halides is 1. The molecular weight excluding hydrogens is 539 g/mol. The van der Waals surface area contributed by atoms with Crippen molar-refractivity contribution in [3.63, 3.8) is 0 Å². The Morgan fingerprint density at radius 2 is 2.11 bits per heavy atom. The number of halogens is 1. The van der Waals surface area contributed by atoms with E-state index in [0.717, 1.165) is 0 Å². The molecule has 0 spiro atoms. The fraction of sp³-hybridized carbons (Fsp3) is 0.739. The van der Waals surface area contributed by atoms with E-state index in [1.807, 2.05) is 27.7 Å². The Hall–Kier alpha value is -2.02. The van der Waals surface area contributed by atoms with Crippen LogP contribution in [0.4, 0.5) is 5.95 Å². The highest BCUT2D eigenvalue weighted by atomic mass is 35.5. The number of fused-ring (bicyclic) bond motifs is 2. The lowest BCUT2D eigenvalue weighted by Gasteiger charge is -2.39. The summed E-state index contributed by atoms with van der Waals surface area (Å²) in [6, 6.07) is -0.526. The lowest BCUT2D eigenvalue weighted by molar-refractivity contribution is -0.148. The summed E-state index contributed by atoms with van der Waals surface area (Å²) in [5.41, 5.74) is 6.24. The standard InChI is InChI=1S/C23H36ClN6O7P/c1-8-33-18-15-17(27-21(25)28-18)30(11-26-15)20-23(7,24)16-13(36-20)9-35-38(32,37-16)29-14(22(4,5)6)10-34-19(31)12(2)3/h11-14,16,20H,8-10H2,1-7H3,(H,29,32)(H2,25,27,28)/t13-,14-,16?,20-,23-,38+/m1/s1. The second kappa shape index (κ2) is 10.5. The highest BCUT2D eigenvalue weighted by molar-refractivity contribution is 7.51. The molecule has 2 aromatic heterocycles. The zero-order chi connectivity index (χ0) is 28.0. The van der Waals surface area contributed by atoms with Crippen LogP contribution in [0.5, 0.6) is 5.88 Å². The van der Waals surface area contributed by atoms with E-state index in [2.05, 4.69) is 20.0 Å². The number of ether oxygens (including phenoxy) is 3. The van der Waals surface area contributed by atoms with Gasteiger partial charge >= 0.3 is 13.7 Å². The second-order valence-corrected chi connectivity index (χ2v) is 13.5. The largest absolute Gasteiger partial charge is 0.476 e. The molecule has 0 saturated carbocycles. The average Bonchev–Trinajstić information content (AvgIpc) is 3.33. The number of rotatable bonds is 8. The molecule has 0 amide bonds. The molecule has 38 heavy (non-hydrogen) atoms. The zero-order valence-corrected chi connectivity index (χ0v) is 24.3. The summed E-state index contributed by atoms with van der Waals surface area (Å²) < 4.78 is 44.3. The van der Waals surface area contributed by atoms with Gasteiger partial charge in [-0.25, -0.2) is 14.6 Å². The van der Waals surface area contributed by atoms with Gasteiger partial charge in [0, 0.05) is 0 Å². The molecule has 0 aliphatic carbocycles. The molecule has 2 aliphatic rings. The first-order valence-corrected chi connectivity index (χ1v) is 14.4. The van der Waals surface area contributed by atoms with Crippen LogP contribution in [0.1, 0.15) is 54.7 Å². The summed E-state index contributed by atoms with van der Waals surface area (Å²) in [7, 11) is -3.87. The number of anilines is 1. The Morgan fingerprint density at radius 3 is 2.74 bits per heavy atom. The predicted molar refractivity (Wildman–Crippen MR) is 140 cm³/mol. The lowest BCUT2D eigenvalue weighted by Crippen LogP contribution is -2.49. The minimum absolute atomic E-state index is 0.00704. The fourth-order valence-corrected chi connectivity index (χ4v) is 6.69. The average molecular weight is 575 g/mol. The summed E-state index contributed by atoms with van der Waals surface area (Å²) in [5, 5.41) is 2.97. The minimum atomic E-state index is -3.87. The predicted octanol–water partition coefficient (Wildman–Crippen LogP) is 3.43. The van der Waals surface area contributed by atoms with Crippen LogP contribution in [0.25, 0.3) is 11.2 Å². The van der Waals surface area contributed by atoms with Gasteiger partial charge in [0.25, 0.3) is 0 Å². The van der Waals surface area contributed by atoms with Crippen LogP contribution >= 0.6 is 19.3 Å². The van der Waals surface area contributed by atoms with Crippen LogP contribution in [0.2, 0.25) is 0 Å². The molecule has 0 aromatic carbocycles. The van der Waals surface area contributed by atoms with Crippen LogP contribution in [-0.2, 0) is 27.9 Å². The molecule has 4 heterocycles. The minimum Gasteiger partial charge on any atom is -0.476 e. The lowest BCUT2D eigenvalue weighted by atomic mass is 9.88. The maximum absolute atomic E-state index is 13.8. The van der Waals surface area contributed by atoms with Gasteiger partial charge in [-0.2, -0.15) is 9.97 Å². The maximum Gasteiger partial charge on any atom is 0.406 e. The Kier molecular flexibility index (Phi) is 8.02. The van der Waals surface area contributed by atoms with Crippen LogP contribution in [0, 0.1) is 11.3 Å². The molecular formula is C23H36ClN6O7P. The maximum atomic E-state index is 13.8. The smallest absolute Gasteiger partial charge is 0.406 e. The van der Waals surface area contributed by atoms with Gasteiger partial charge < -0.3 is 19.9 Å². The third kappa shape index (κ3) is 5.64. The van der Waals surface area contributed by atoms with Gasteiger partial charge in [0.1, 0.15) is 23.7 Å². The number of nitrogen functional groups attached to an aromatic ring is 1. The SMILES string of the molecule is CCOc1nc(N)nc2c1ncn2[C@@H]1O[C@@H]2CO[P@@](=O)(N[C@H](COC(=O)C(C)C)C(C)(C)C)OC2[C@@]1(C)Cl. The molecule has 2 aromatic rings. The first-order valence-electron chi connectivity index (χ1n) is 12.5. The summed E-state index contributed by atoms with van der Waals surface area (Å²) in [6.07, 6.45) is -0.737. The molecule has 6 atom stereocenters. The fourth-order valence-electron chi connectivity index (χ4n) is 4.25. The summed E-state index contributed by atoms with van der Waals surface area (Å²) in [4.78, 5) is 23.7. The Morgan fingerprint density at radius 1 is 1.39 bits per heavy atom. The molecule has 2 aliphatic heterocycles. The summed E-state index contributed by atoms with van der Waals surface area (Å²) >= 11 is 7.05. The number of nitrogens with zero attached hydrogens (tertiary/aromatic N) is 4. The van der Waals surface area contributed by atoms with E-state index < -0.39 is 42.5 Å². The number of carbonyl (C=O) groups is 1. The van der Waals surface area contributed by atoms with Crippen molar-refractivity contribution >= 4 is 42.4 Å².